The Morgan fingerprint density at radius 2 is 1.80 bits per heavy atom. The van der Waals surface area contributed by atoms with Gasteiger partial charge in [0.25, 0.3) is 0 Å². The molecule has 8 heteroatoms. The van der Waals surface area contributed by atoms with E-state index in [1.807, 2.05) is 0 Å². The van der Waals surface area contributed by atoms with Crippen LogP contribution in [-0.2, 0) is 28.7 Å². The van der Waals surface area contributed by atoms with Crippen molar-refractivity contribution in [3.05, 3.63) is 0 Å². The fraction of sp³-hybridized carbons (Fsp3) is 0.818. The highest BCUT2D eigenvalue weighted by molar-refractivity contribution is 8.00. The Labute approximate surface area is 183 Å². The van der Waals surface area contributed by atoms with E-state index in [9.17, 15) is 19.2 Å². The number of methoxy groups -OCH3 is 1. The average molecular weight is 442 g/mol. The molecule has 1 heterocycles. The second-order valence-corrected chi connectivity index (χ2v) is 9.54. The Balaban J connectivity index is 1.62. The maximum Gasteiger partial charge on any atom is 0.242 e. The molecule has 1 aliphatic carbocycles. The third-order valence-corrected chi connectivity index (χ3v) is 7.15. The van der Waals surface area contributed by atoms with Crippen LogP contribution in [0.4, 0.5) is 0 Å². The molecule has 1 unspecified atom stereocenters. The summed E-state index contributed by atoms with van der Waals surface area (Å²) in [6, 6.07) is 0. The highest BCUT2D eigenvalue weighted by Gasteiger charge is 2.40. The Bertz CT molecular complexity index is 602. The number of hydrogen-bond donors (Lipinski definition) is 0. The van der Waals surface area contributed by atoms with Gasteiger partial charge in [-0.2, -0.15) is 0 Å². The van der Waals surface area contributed by atoms with Gasteiger partial charge in [-0.05, 0) is 44.9 Å². The van der Waals surface area contributed by atoms with Crippen molar-refractivity contribution >= 4 is 35.1 Å². The predicted molar refractivity (Wildman–Crippen MR) is 115 cm³/mol. The van der Waals surface area contributed by atoms with Crippen LogP contribution in [-0.4, -0.2) is 72.8 Å². The fourth-order valence-corrected chi connectivity index (χ4v) is 5.20. The van der Waals surface area contributed by atoms with E-state index >= 15 is 0 Å². The van der Waals surface area contributed by atoms with Crippen molar-refractivity contribution in [2.75, 3.05) is 39.2 Å². The highest BCUT2D eigenvalue weighted by atomic mass is 32.2. The Morgan fingerprint density at radius 3 is 2.47 bits per heavy atom. The molecule has 2 amide bonds. The first kappa shape index (κ1) is 25.0. The number of Topliss-reactive ketones (excluding diaryl/α,β-unsaturated/α-hetero) is 2. The second-order valence-electron chi connectivity index (χ2n) is 8.23. The number of nitrogens with zero attached hydrogens (tertiary/aromatic N) is 1. The van der Waals surface area contributed by atoms with Crippen molar-refractivity contribution in [1.29, 1.82) is 0 Å². The molecule has 2 rings (SSSR count). The molecule has 0 radical (unpaired) electrons. The smallest absolute Gasteiger partial charge is 0.242 e. The minimum Gasteiger partial charge on any atom is -0.382 e. The van der Waals surface area contributed by atoms with Gasteiger partial charge in [0.1, 0.15) is 11.6 Å². The lowest BCUT2D eigenvalue weighted by Gasteiger charge is -2.29. The number of likely N-dealkylation sites (tertiary alicyclic amines) is 1. The quantitative estimate of drug-likeness (QED) is 0.302. The summed E-state index contributed by atoms with van der Waals surface area (Å²) < 4.78 is 10.2. The number of amides is 2. The van der Waals surface area contributed by atoms with E-state index in [0.717, 1.165) is 25.7 Å². The molecule has 2 aliphatic rings. The molecule has 1 saturated carbocycles. The number of imide groups is 1. The maximum atomic E-state index is 12.7. The first-order valence-electron chi connectivity index (χ1n) is 11.0. The zero-order valence-corrected chi connectivity index (χ0v) is 19.0. The molecule has 0 N–H and O–H groups in total. The van der Waals surface area contributed by atoms with Crippen LogP contribution in [0, 0.1) is 11.8 Å². The summed E-state index contributed by atoms with van der Waals surface area (Å²) in [7, 11) is 1.62. The van der Waals surface area contributed by atoms with Gasteiger partial charge in [0.15, 0.2) is 0 Å². The fourth-order valence-electron chi connectivity index (χ4n) is 4.04. The number of carbonyl (C=O) groups excluding carboxylic acids is 4. The first-order chi connectivity index (χ1) is 14.4. The third kappa shape index (κ3) is 8.12. The van der Waals surface area contributed by atoms with Gasteiger partial charge in [0, 0.05) is 51.2 Å². The molecule has 0 aromatic carbocycles. The lowest BCUT2D eigenvalue weighted by molar-refractivity contribution is -0.139. The van der Waals surface area contributed by atoms with Gasteiger partial charge in [-0.1, -0.05) is 0 Å². The summed E-state index contributed by atoms with van der Waals surface area (Å²) in [4.78, 5) is 49.9. The Hall–Kier alpha value is -1.25. The molecule has 0 aromatic heterocycles. The summed E-state index contributed by atoms with van der Waals surface area (Å²) in [5, 5.41) is -0.365. The van der Waals surface area contributed by atoms with E-state index in [1.165, 1.54) is 16.7 Å². The van der Waals surface area contributed by atoms with Crippen molar-refractivity contribution in [3.63, 3.8) is 0 Å². The van der Waals surface area contributed by atoms with Crippen molar-refractivity contribution in [3.8, 4) is 0 Å². The molecule has 7 nitrogen and oxygen atoms in total. The van der Waals surface area contributed by atoms with Crippen LogP contribution < -0.4 is 0 Å². The number of hydrogen-bond acceptors (Lipinski definition) is 7. The van der Waals surface area contributed by atoms with Crippen molar-refractivity contribution in [2.45, 2.75) is 63.5 Å². The molecule has 0 aromatic rings. The van der Waals surface area contributed by atoms with Crippen LogP contribution in [0.15, 0.2) is 0 Å². The average Bonchev–Trinajstić information content (AvgIpc) is 2.98. The Kier molecular flexibility index (Phi) is 11.0. The SMILES string of the molecule is COCCOCCCC(=O)CCSC1CC(=O)N(CC2CCC(C(C)=O)CC2)C1=O. The maximum absolute atomic E-state index is 12.7. The topological polar surface area (TPSA) is 90.0 Å². The minimum atomic E-state index is -0.365. The standard InChI is InChI=1S/C22H35NO6S/c1-16(24)18-7-5-17(6-8-18)15-23-21(26)14-20(22(23)27)30-13-9-19(25)4-3-10-29-12-11-28-2/h17-18,20H,3-15H2,1-2H3. The molecule has 2 fully saturated rings. The zero-order chi connectivity index (χ0) is 21.9. The summed E-state index contributed by atoms with van der Waals surface area (Å²) in [6.45, 7) is 3.74. The van der Waals surface area contributed by atoms with Gasteiger partial charge < -0.3 is 9.47 Å². The van der Waals surface area contributed by atoms with Crippen LogP contribution >= 0.6 is 11.8 Å². The zero-order valence-electron chi connectivity index (χ0n) is 18.2. The molecule has 1 saturated heterocycles. The summed E-state index contributed by atoms with van der Waals surface area (Å²) in [5.74, 6) is 1.18. The summed E-state index contributed by atoms with van der Waals surface area (Å²) in [5.41, 5.74) is 0. The number of carbonyl (C=O) groups is 4. The van der Waals surface area contributed by atoms with Crippen molar-refractivity contribution < 1.29 is 28.7 Å². The highest BCUT2D eigenvalue weighted by Crippen LogP contribution is 2.32. The number of ether oxygens (including phenoxy) is 2. The normalized spacial score (nSPS) is 24.5. The molecule has 1 aliphatic heterocycles. The molecular formula is C22H35NO6S. The first-order valence-corrected chi connectivity index (χ1v) is 12.0. The van der Waals surface area contributed by atoms with E-state index in [1.54, 1.807) is 14.0 Å². The van der Waals surface area contributed by atoms with Crippen LogP contribution in [0.1, 0.15) is 58.3 Å². The Morgan fingerprint density at radius 1 is 1.07 bits per heavy atom. The predicted octanol–water partition coefficient (Wildman–Crippen LogP) is 2.64. The minimum absolute atomic E-state index is 0.106. The van der Waals surface area contributed by atoms with Crippen LogP contribution in [0.2, 0.25) is 0 Å². The number of rotatable bonds is 14. The van der Waals surface area contributed by atoms with Gasteiger partial charge in [0.05, 0.1) is 18.5 Å². The third-order valence-electron chi connectivity index (χ3n) is 5.94. The lowest BCUT2D eigenvalue weighted by Crippen LogP contribution is -2.37. The van der Waals surface area contributed by atoms with Gasteiger partial charge in [0.2, 0.25) is 11.8 Å². The summed E-state index contributed by atoms with van der Waals surface area (Å²) in [6.07, 6.45) is 5.30. The van der Waals surface area contributed by atoms with E-state index < -0.39 is 0 Å². The molecule has 0 spiro atoms. The van der Waals surface area contributed by atoms with E-state index in [0.29, 0.717) is 57.3 Å². The summed E-state index contributed by atoms with van der Waals surface area (Å²) >= 11 is 1.42. The molecule has 30 heavy (non-hydrogen) atoms. The molecular weight excluding hydrogens is 406 g/mol. The van der Waals surface area contributed by atoms with E-state index in [4.69, 9.17) is 9.47 Å². The lowest BCUT2D eigenvalue weighted by atomic mass is 9.80. The second kappa shape index (κ2) is 13.2. The van der Waals surface area contributed by atoms with Crippen molar-refractivity contribution in [2.24, 2.45) is 11.8 Å². The van der Waals surface area contributed by atoms with Crippen LogP contribution in [0.5, 0.6) is 0 Å². The largest absolute Gasteiger partial charge is 0.382 e. The van der Waals surface area contributed by atoms with Crippen LogP contribution in [0.3, 0.4) is 0 Å². The van der Waals surface area contributed by atoms with Crippen molar-refractivity contribution in [1.82, 2.24) is 4.90 Å². The van der Waals surface area contributed by atoms with Gasteiger partial charge in [-0.15, -0.1) is 11.8 Å². The molecule has 0 bridgehead atoms. The number of ketones is 2. The number of thioether (sulfide) groups is 1. The van der Waals surface area contributed by atoms with Gasteiger partial charge in [-0.25, -0.2) is 0 Å². The van der Waals surface area contributed by atoms with E-state index in [-0.39, 0.29) is 41.0 Å². The molecule has 1 atom stereocenters. The van der Waals surface area contributed by atoms with Gasteiger partial charge >= 0.3 is 0 Å². The van der Waals surface area contributed by atoms with Crippen LogP contribution in [0.25, 0.3) is 0 Å². The monoisotopic (exact) mass is 441 g/mol. The van der Waals surface area contributed by atoms with E-state index in [2.05, 4.69) is 0 Å². The van der Waals surface area contributed by atoms with Gasteiger partial charge in [-0.3, -0.25) is 24.1 Å². The molecule has 170 valence electrons.